The zero-order valence-electron chi connectivity index (χ0n) is 13.7. The number of anilines is 1. The normalized spacial score (nSPS) is 10.9. The molecule has 0 bridgehead atoms. The fourth-order valence-corrected chi connectivity index (χ4v) is 2.75. The summed E-state index contributed by atoms with van der Waals surface area (Å²) >= 11 is 0. The van der Waals surface area contributed by atoms with Crippen LogP contribution in [0, 0.1) is 0 Å². The smallest absolute Gasteiger partial charge is 0.163 e. The Morgan fingerprint density at radius 3 is 2.30 bits per heavy atom. The average Bonchev–Trinajstić information content (AvgIpc) is 2.92. The molecular weight excluding hydrogens is 290 g/mol. The molecule has 0 aliphatic heterocycles. The summed E-state index contributed by atoms with van der Waals surface area (Å²) in [5, 5.41) is 0. The van der Waals surface area contributed by atoms with Crippen molar-refractivity contribution in [1.82, 2.24) is 9.55 Å². The first-order valence-electron chi connectivity index (χ1n) is 7.66. The quantitative estimate of drug-likeness (QED) is 0.730. The van der Waals surface area contributed by atoms with E-state index in [0.29, 0.717) is 11.5 Å². The van der Waals surface area contributed by atoms with E-state index in [1.54, 1.807) is 14.2 Å². The summed E-state index contributed by atoms with van der Waals surface area (Å²) < 4.78 is 13.0. The van der Waals surface area contributed by atoms with Gasteiger partial charge in [0.05, 0.1) is 25.3 Å². The number of ether oxygens (including phenoxy) is 2. The second kappa shape index (κ2) is 6.20. The second-order valence-electron chi connectivity index (χ2n) is 5.40. The number of rotatable bonds is 5. The number of nitrogen functional groups attached to an aromatic ring is 1. The molecule has 5 heteroatoms. The highest BCUT2D eigenvalue weighted by Gasteiger charge is 2.15. The van der Waals surface area contributed by atoms with Gasteiger partial charge in [-0.3, -0.25) is 0 Å². The molecule has 0 saturated carbocycles. The van der Waals surface area contributed by atoms with Gasteiger partial charge in [-0.1, -0.05) is 6.92 Å². The highest BCUT2D eigenvalue weighted by Crippen LogP contribution is 2.34. The molecule has 0 spiro atoms. The third kappa shape index (κ3) is 2.70. The van der Waals surface area contributed by atoms with Crippen molar-refractivity contribution in [2.75, 3.05) is 20.0 Å². The van der Waals surface area contributed by atoms with E-state index in [2.05, 4.69) is 11.5 Å². The Balaban J connectivity index is 2.24. The standard InChI is InChI=1S/C18H21N3O2/c1-4-9-21-15-11-17(23-3)16(22-2)10-14(15)20-18(21)12-5-7-13(19)8-6-12/h5-8,10-11H,4,9,19H2,1-3H3. The van der Waals surface area contributed by atoms with Crippen LogP contribution in [0.25, 0.3) is 22.4 Å². The van der Waals surface area contributed by atoms with Gasteiger partial charge in [0, 0.05) is 29.9 Å². The molecule has 5 nitrogen and oxygen atoms in total. The van der Waals surface area contributed by atoms with E-state index in [0.717, 1.165) is 41.1 Å². The predicted octanol–water partition coefficient (Wildman–Crippen LogP) is 3.71. The number of nitrogens with two attached hydrogens (primary N) is 1. The van der Waals surface area contributed by atoms with Gasteiger partial charge in [0.15, 0.2) is 11.5 Å². The zero-order chi connectivity index (χ0) is 16.4. The monoisotopic (exact) mass is 311 g/mol. The van der Waals surface area contributed by atoms with Crippen LogP contribution in [0.3, 0.4) is 0 Å². The number of benzene rings is 2. The molecule has 3 rings (SSSR count). The second-order valence-corrected chi connectivity index (χ2v) is 5.40. The van der Waals surface area contributed by atoms with Gasteiger partial charge in [0.1, 0.15) is 5.82 Å². The molecule has 3 aromatic rings. The first kappa shape index (κ1) is 15.2. The summed E-state index contributed by atoms with van der Waals surface area (Å²) in [7, 11) is 3.28. The lowest BCUT2D eigenvalue weighted by molar-refractivity contribution is 0.355. The van der Waals surface area contributed by atoms with Gasteiger partial charge in [-0.25, -0.2) is 4.98 Å². The molecule has 0 radical (unpaired) electrons. The van der Waals surface area contributed by atoms with Gasteiger partial charge in [-0.15, -0.1) is 0 Å². The molecule has 0 aliphatic carbocycles. The van der Waals surface area contributed by atoms with Crippen LogP contribution < -0.4 is 15.2 Å². The molecule has 2 aromatic carbocycles. The average molecular weight is 311 g/mol. The van der Waals surface area contributed by atoms with Crippen molar-refractivity contribution in [2.45, 2.75) is 19.9 Å². The molecule has 1 heterocycles. The van der Waals surface area contributed by atoms with Gasteiger partial charge in [-0.05, 0) is 30.7 Å². The molecule has 0 fully saturated rings. The minimum Gasteiger partial charge on any atom is -0.493 e. The summed E-state index contributed by atoms with van der Waals surface area (Å²) in [6.45, 7) is 3.03. The number of methoxy groups -OCH3 is 2. The number of nitrogens with zero attached hydrogens (tertiary/aromatic N) is 2. The maximum absolute atomic E-state index is 5.79. The van der Waals surface area contributed by atoms with Crippen LogP contribution in [0.15, 0.2) is 36.4 Å². The summed E-state index contributed by atoms with van der Waals surface area (Å²) in [4.78, 5) is 4.80. The Hall–Kier alpha value is -2.69. The molecule has 0 aliphatic rings. The molecule has 120 valence electrons. The van der Waals surface area contributed by atoms with Crippen LogP contribution >= 0.6 is 0 Å². The third-order valence-electron chi connectivity index (χ3n) is 3.87. The molecule has 1 aromatic heterocycles. The van der Waals surface area contributed by atoms with E-state index in [1.807, 2.05) is 36.4 Å². The van der Waals surface area contributed by atoms with Crippen LogP contribution in [0.2, 0.25) is 0 Å². The maximum atomic E-state index is 5.79. The van der Waals surface area contributed by atoms with Gasteiger partial charge in [0.2, 0.25) is 0 Å². The Kier molecular flexibility index (Phi) is 4.10. The summed E-state index contributed by atoms with van der Waals surface area (Å²) in [5.74, 6) is 2.32. The van der Waals surface area contributed by atoms with Crippen molar-refractivity contribution in [3.8, 4) is 22.9 Å². The van der Waals surface area contributed by atoms with E-state index >= 15 is 0 Å². The lowest BCUT2D eigenvalue weighted by atomic mass is 10.2. The molecule has 0 amide bonds. The van der Waals surface area contributed by atoms with E-state index in [9.17, 15) is 0 Å². The Labute approximate surface area is 135 Å². The number of aromatic nitrogens is 2. The summed E-state index contributed by atoms with van der Waals surface area (Å²) in [6, 6.07) is 11.7. The molecule has 0 saturated heterocycles. The Morgan fingerprint density at radius 2 is 1.70 bits per heavy atom. The number of aryl methyl sites for hydroxylation is 1. The third-order valence-corrected chi connectivity index (χ3v) is 3.87. The topological polar surface area (TPSA) is 62.3 Å². The molecule has 0 atom stereocenters. The zero-order valence-corrected chi connectivity index (χ0v) is 13.7. The van der Waals surface area contributed by atoms with Crippen molar-refractivity contribution in [1.29, 1.82) is 0 Å². The highest BCUT2D eigenvalue weighted by atomic mass is 16.5. The molecular formula is C18H21N3O2. The SMILES string of the molecule is CCCn1c(-c2ccc(N)cc2)nc2cc(OC)c(OC)cc21. The maximum Gasteiger partial charge on any atom is 0.163 e. The van der Waals surface area contributed by atoms with Gasteiger partial charge >= 0.3 is 0 Å². The number of hydrogen-bond acceptors (Lipinski definition) is 4. The minimum absolute atomic E-state index is 0.685. The Morgan fingerprint density at radius 1 is 1.04 bits per heavy atom. The first-order valence-corrected chi connectivity index (χ1v) is 7.66. The van der Waals surface area contributed by atoms with Crippen molar-refractivity contribution in [2.24, 2.45) is 0 Å². The fraction of sp³-hybridized carbons (Fsp3) is 0.278. The van der Waals surface area contributed by atoms with Crippen molar-refractivity contribution in [3.63, 3.8) is 0 Å². The van der Waals surface area contributed by atoms with Crippen molar-refractivity contribution in [3.05, 3.63) is 36.4 Å². The number of imidazole rings is 1. The predicted molar refractivity (Wildman–Crippen MR) is 93.0 cm³/mol. The van der Waals surface area contributed by atoms with E-state index < -0.39 is 0 Å². The van der Waals surface area contributed by atoms with E-state index in [1.165, 1.54) is 0 Å². The minimum atomic E-state index is 0.685. The summed E-state index contributed by atoms with van der Waals surface area (Å²) in [5.41, 5.74) is 9.51. The van der Waals surface area contributed by atoms with Crippen LogP contribution in [-0.2, 0) is 6.54 Å². The first-order chi connectivity index (χ1) is 11.2. The van der Waals surface area contributed by atoms with E-state index in [-0.39, 0.29) is 0 Å². The highest BCUT2D eigenvalue weighted by molar-refractivity contribution is 5.84. The fourth-order valence-electron chi connectivity index (χ4n) is 2.75. The van der Waals surface area contributed by atoms with Gasteiger partial charge < -0.3 is 19.8 Å². The number of fused-ring (bicyclic) bond motifs is 1. The molecule has 23 heavy (non-hydrogen) atoms. The van der Waals surface area contributed by atoms with Crippen molar-refractivity contribution < 1.29 is 9.47 Å². The van der Waals surface area contributed by atoms with E-state index in [4.69, 9.17) is 20.2 Å². The lowest BCUT2D eigenvalue weighted by Gasteiger charge is -2.10. The molecule has 2 N–H and O–H groups in total. The van der Waals surface area contributed by atoms with Gasteiger partial charge in [-0.2, -0.15) is 0 Å². The lowest BCUT2D eigenvalue weighted by Crippen LogP contribution is -2.00. The summed E-state index contributed by atoms with van der Waals surface area (Å²) in [6.07, 6.45) is 1.02. The largest absolute Gasteiger partial charge is 0.493 e. The number of hydrogen-bond donors (Lipinski definition) is 1. The van der Waals surface area contributed by atoms with Crippen molar-refractivity contribution >= 4 is 16.7 Å². The Bertz CT molecular complexity index is 822. The van der Waals surface area contributed by atoms with Crippen LogP contribution in [-0.4, -0.2) is 23.8 Å². The van der Waals surface area contributed by atoms with Gasteiger partial charge in [0.25, 0.3) is 0 Å². The molecule has 0 unspecified atom stereocenters. The van der Waals surface area contributed by atoms with Crippen LogP contribution in [0.4, 0.5) is 5.69 Å². The van der Waals surface area contributed by atoms with Crippen LogP contribution in [0.1, 0.15) is 13.3 Å². The van der Waals surface area contributed by atoms with Crippen LogP contribution in [0.5, 0.6) is 11.5 Å².